The fourth-order valence-electron chi connectivity index (χ4n) is 1.84. The molecular formula is C14H18N4O. The van der Waals surface area contributed by atoms with Crippen molar-refractivity contribution in [3.8, 4) is 11.3 Å². The Kier molecular flexibility index (Phi) is 4.43. The highest BCUT2D eigenvalue weighted by Crippen LogP contribution is 2.22. The quantitative estimate of drug-likeness (QED) is 0.635. The topological polar surface area (TPSA) is 73.1 Å². The molecule has 5 nitrogen and oxygen atoms in total. The Morgan fingerprint density at radius 2 is 2.00 bits per heavy atom. The molecule has 1 atom stereocenters. The maximum Gasteiger partial charge on any atom is 0.144 e. The van der Waals surface area contributed by atoms with Gasteiger partial charge in [0.05, 0.1) is 12.3 Å². The number of ether oxygens (including phenoxy) is 1. The Bertz CT molecular complexity index is 530. The van der Waals surface area contributed by atoms with Gasteiger partial charge in [-0.25, -0.2) is 15.8 Å². The number of aromatic nitrogens is 2. The molecule has 19 heavy (non-hydrogen) atoms. The summed E-state index contributed by atoms with van der Waals surface area (Å²) in [6.07, 6.45) is 0. The van der Waals surface area contributed by atoms with Crippen molar-refractivity contribution in [2.45, 2.75) is 12.8 Å². The number of rotatable bonds is 5. The van der Waals surface area contributed by atoms with Crippen molar-refractivity contribution in [1.82, 2.24) is 9.97 Å². The zero-order valence-corrected chi connectivity index (χ0v) is 11.1. The normalized spacial score (nSPS) is 12.2. The number of nitrogens with two attached hydrogens (primary N) is 1. The van der Waals surface area contributed by atoms with E-state index in [2.05, 4.69) is 15.4 Å². The highest BCUT2D eigenvalue weighted by molar-refractivity contribution is 5.62. The van der Waals surface area contributed by atoms with E-state index in [1.165, 1.54) is 0 Å². The summed E-state index contributed by atoms with van der Waals surface area (Å²) in [5.41, 5.74) is 4.47. The Balaban J connectivity index is 2.42. The second kappa shape index (κ2) is 6.26. The van der Waals surface area contributed by atoms with Crippen molar-refractivity contribution in [3.05, 3.63) is 42.2 Å². The van der Waals surface area contributed by atoms with Crippen molar-refractivity contribution in [1.29, 1.82) is 0 Å². The third-order valence-electron chi connectivity index (χ3n) is 2.82. The molecule has 1 heterocycles. The van der Waals surface area contributed by atoms with E-state index in [-0.39, 0.29) is 5.92 Å². The minimum Gasteiger partial charge on any atom is -0.384 e. The second-order valence-electron chi connectivity index (χ2n) is 4.36. The van der Waals surface area contributed by atoms with Gasteiger partial charge in [-0.15, -0.1) is 0 Å². The van der Waals surface area contributed by atoms with Gasteiger partial charge in [-0.2, -0.15) is 0 Å². The molecule has 2 rings (SSSR count). The van der Waals surface area contributed by atoms with E-state index in [4.69, 9.17) is 10.6 Å². The number of nitrogens with one attached hydrogen (secondary N) is 1. The molecule has 3 N–H and O–H groups in total. The molecule has 0 aliphatic rings. The first-order valence-corrected chi connectivity index (χ1v) is 6.14. The molecule has 1 aromatic carbocycles. The summed E-state index contributed by atoms with van der Waals surface area (Å²) in [5, 5.41) is 0. The van der Waals surface area contributed by atoms with Gasteiger partial charge in [0.25, 0.3) is 0 Å². The zero-order valence-electron chi connectivity index (χ0n) is 11.1. The van der Waals surface area contributed by atoms with E-state index in [0.717, 1.165) is 17.1 Å². The van der Waals surface area contributed by atoms with Crippen molar-refractivity contribution in [2.24, 2.45) is 5.84 Å². The Labute approximate surface area is 112 Å². The van der Waals surface area contributed by atoms with E-state index in [9.17, 15) is 0 Å². The minimum absolute atomic E-state index is 0.112. The summed E-state index contributed by atoms with van der Waals surface area (Å²) in [4.78, 5) is 8.95. The van der Waals surface area contributed by atoms with Gasteiger partial charge in [-0.3, -0.25) is 0 Å². The summed E-state index contributed by atoms with van der Waals surface area (Å²) in [6, 6.07) is 11.8. The first-order valence-electron chi connectivity index (χ1n) is 6.14. The molecule has 0 amide bonds. The summed E-state index contributed by atoms with van der Waals surface area (Å²) in [7, 11) is 1.67. The third kappa shape index (κ3) is 3.27. The maximum atomic E-state index is 5.47. The number of nitrogens with zero attached hydrogens (tertiary/aromatic N) is 2. The third-order valence-corrected chi connectivity index (χ3v) is 2.82. The molecule has 0 bridgehead atoms. The molecule has 100 valence electrons. The van der Waals surface area contributed by atoms with Crippen LogP contribution in [0.4, 0.5) is 5.82 Å². The molecule has 0 fully saturated rings. The van der Waals surface area contributed by atoms with Crippen LogP contribution in [0.2, 0.25) is 0 Å². The summed E-state index contributed by atoms with van der Waals surface area (Å²) >= 11 is 0. The van der Waals surface area contributed by atoms with Gasteiger partial charge in [0.2, 0.25) is 0 Å². The highest BCUT2D eigenvalue weighted by atomic mass is 16.5. The van der Waals surface area contributed by atoms with Crippen molar-refractivity contribution >= 4 is 5.82 Å². The number of nitrogen functional groups attached to an aromatic ring is 1. The van der Waals surface area contributed by atoms with Crippen LogP contribution in [0.1, 0.15) is 18.7 Å². The lowest BCUT2D eigenvalue weighted by Gasteiger charge is -2.12. The Morgan fingerprint density at radius 1 is 1.26 bits per heavy atom. The van der Waals surface area contributed by atoms with Gasteiger partial charge in [0, 0.05) is 24.7 Å². The number of hydrazine groups is 1. The summed E-state index contributed by atoms with van der Waals surface area (Å²) in [5.74, 6) is 6.90. The van der Waals surface area contributed by atoms with E-state index >= 15 is 0 Å². The average Bonchev–Trinajstić information content (AvgIpc) is 2.48. The predicted molar refractivity (Wildman–Crippen MR) is 75.6 cm³/mol. The monoisotopic (exact) mass is 258 g/mol. The first kappa shape index (κ1) is 13.5. The predicted octanol–water partition coefficient (Wildman–Crippen LogP) is 2.18. The molecule has 0 radical (unpaired) electrons. The van der Waals surface area contributed by atoms with Gasteiger partial charge in [0.15, 0.2) is 0 Å². The van der Waals surface area contributed by atoms with Crippen LogP contribution in [0.3, 0.4) is 0 Å². The zero-order chi connectivity index (χ0) is 13.7. The van der Waals surface area contributed by atoms with Crippen LogP contribution in [0.15, 0.2) is 36.4 Å². The van der Waals surface area contributed by atoms with E-state index in [1.807, 2.05) is 43.3 Å². The first-order chi connectivity index (χ1) is 9.24. The lowest BCUT2D eigenvalue weighted by Crippen LogP contribution is -2.13. The number of hydrogen-bond donors (Lipinski definition) is 2. The molecule has 0 saturated heterocycles. The van der Waals surface area contributed by atoms with Gasteiger partial charge in [0.1, 0.15) is 11.6 Å². The van der Waals surface area contributed by atoms with Gasteiger partial charge >= 0.3 is 0 Å². The van der Waals surface area contributed by atoms with Crippen LogP contribution in [0.25, 0.3) is 11.3 Å². The molecule has 1 unspecified atom stereocenters. The molecule has 0 aliphatic carbocycles. The van der Waals surface area contributed by atoms with Crippen LogP contribution in [0, 0.1) is 0 Å². The van der Waals surface area contributed by atoms with Crippen LogP contribution in [0.5, 0.6) is 0 Å². The van der Waals surface area contributed by atoms with E-state index in [0.29, 0.717) is 12.4 Å². The van der Waals surface area contributed by atoms with Crippen molar-refractivity contribution < 1.29 is 4.74 Å². The van der Waals surface area contributed by atoms with E-state index < -0.39 is 0 Å². The molecule has 2 aromatic rings. The van der Waals surface area contributed by atoms with E-state index in [1.54, 1.807) is 7.11 Å². The highest BCUT2D eigenvalue weighted by Gasteiger charge is 2.12. The maximum absolute atomic E-state index is 5.47. The lowest BCUT2D eigenvalue weighted by molar-refractivity contribution is 0.181. The summed E-state index contributed by atoms with van der Waals surface area (Å²) in [6.45, 7) is 2.59. The molecule has 0 spiro atoms. The molecule has 0 aliphatic heterocycles. The largest absolute Gasteiger partial charge is 0.384 e. The Morgan fingerprint density at radius 3 is 2.63 bits per heavy atom. The molecule has 0 saturated carbocycles. The second-order valence-corrected chi connectivity index (χ2v) is 4.36. The number of benzene rings is 1. The van der Waals surface area contributed by atoms with Crippen molar-refractivity contribution in [3.63, 3.8) is 0 Å². The fourth-order valence-corrected chi connectivity index (χ4v) is 1.84. The summed E-state index contributed by atoms with van der Waals surface area (Å²) < 4.78 is 5.15. The van der Waals surface area contributed by atoms with Gasteiger partial charge in [-0.05, 0) is 0 Å². The fraction of sp³-hybridized carbons (Fsp3) is 0.286. The van der Waals surface area contributed by atoms with Gasteiger partial charge in [-0.1, -0.05) is 37.3 Å². The van der Waals surface area contributed by atoms with Crippen LogP contribution >= 0.6 is 0 Å². The molecular weight excluding hydrogens is 240 g/mol. The Hall–Kier alpha value is -1.98. The number of methoxy groups -OCH3 is 1. The lowest BCUT2D eigenvalue weighted by atomic mass is 10.1. The number of hydrogen-bond acceptors (Lipinski definition) is 5. The SMILES string of the molecule is COCC(C)c1nc(NN)cc(-c2ccccc2)n1. The van der Waals surface area contributed by atoms with Crippen LogP contribution < -0.4 is 11.3 Å². The standard InChI is InChI=1S/C14H18N4O/c1-10(9-19-2)14-16-12(8-13(17-14)18-15)11-6-4-3-5-7-11/h3-8,10H,9,15H2,1-2H3,(H,16,17,18). The van der Waals surface area contributed by atoms with Crippen LogP contribution in [-0.4, -0.2) is 23.7 Å². The molecule has 1 aromatic heterocycles. The number of anilines is 1. The van der Waals surface area contributed by atoms with Crippen LogP contribution in [-0.2, 0) is 4.74 Å². The average molecular weight is 258 g/mol. The van der Waals surface area contributed by atoms with Crippen molar-refractivity contribution in [2.75, 3.05) is 19.1 Å². The minimum atomic E-state index is 0.112. The van der Waals surface area contributed by atoms with Gasteiger partial charge < -0.3 is 10.2 Å². The smallest absolute Gasteiger partial charge is 0.144 e. The molecule has 5 heteroatoms.